The van der Waals surface area contributed by atoms with E-state index in [0.29, 0.717) is 5.69 Å². The second-order valence-corrected chi connectivity index (χ2v) is 2.93. The van der Waals surface area contributed by atoms with Gasteiger partial charge in [0.05, 0.1) is 13.3 Å². The molecule has 0 saturated carbocycles. The Morgan fingerprint density at radius 1 is 1.13 bits per heavy atom. The normalized spacial score (nSPS) is 9.93. The Labute approximate surface area is 86.9 Å². The van der Waals surface area contributed by atoms with Gasteiger partial charge in [0.25, 0.3) is 0 Å². The van der Waals surface area contributed by atoms with Crippen LogP contribution in [0.4, 0.5) is 5.95 Å². The lowest BCUT2D eigenvalue weighted by atomic mass is 10.1. The summed E-state index contributed by atoms with van der Waals surface area (Å²) >= 11 is 0. The lowest BCUT2D eigenvalue weighted by Crippen LogP contribution is -1.97. The molecule has 1 heterocycles. The Morgan fingerprint density at radius 3 is 2.40 bits per heavy atom. The highest BCUT2D eigenvalue weighted by Gasteiger charge is 2.00. The van der Waals surface area contributed by atoms with Crippen molar-refractivity contribution in [3.63, 3.8) is 0 Å². The van der Waals surface area contributed by atoms with Gasteiger partial charge in [0.15, 0.2) is 0 Å². The fraction of sp³-hybridized carbons (Fsp3) is 0.100. The van der Waals surface area contributed by atoms with Crippen molar-refractivity contribution in [2.75, 3.05) is 12.8 Å². The Balaban J connectivity index is 2.33. The molecule has 0 spiro atoms. The molecule has 0 aliphatic carbocycles. The maximum atomic E-state index is 5.35. The number of nitrogens with zero attached hydrogens (tertiary/aromatic N) is 3. The molecule has 0 fully saturated rings. The average Bonchev–Trinajstić information content (AvgIpc) is 2.30. The van der Waals surface area contributed by atoms with Crippen molar-refractivity contribution in [1.29, 1.82) is 0 Å². The first-order valence-electron chi connectivity index (χ1n) is 4.39. The van der Waals surface area contributed by atoms with Crippen LogP contribution in [0.2, 0.25) is 0 Å². The molecule has 1 aromatic heterocycles. The molecule has 0 aliphatic rings. The predicted octanol–water partition coefficient (Wildman–Crippen LogP) is 1.13. The lowest BCUT2D eigenvalue weighted by Gasteiger charge is -2.01. The van der Waals surface area contributed by atoms with Crippen molar-refractivity contribution in [1.82, 2.24) is 15.2 Å². The molecule has 0 unspecified atom stereocenters. The van der Waals surface area contributed by atoms with Crippen LogP contribution in [-0.2, 0) is 0 Å². The van der Waals surface area contributed by atoms with Crippen molar-refractivity contribution in [3.8, 4) is 17.0 Å². The molecule has 76 valence electrons. The van der Waals surface area contributed by atoms with E-state index in [4.69, 9.17) is 10.5 Å². The summed E-state index contributed by atoms with van der Waals surface area (Å²) in [5.74, 6) is 0.974. The average molecular weight is 202 g/mol. The van der Waals surface area contributed by atoms with E-state index >= 15 is 0 Å². The highest BCUT2D eigenvalue weighted by Crippen LogP contribution is 2.19. The molecule has 2 aromatic rings. The van der Waals surface area contributed by atoms with Crippen LogP contribution in [0.3, 0.4) is 0 Å². The standard InChI is InChI=1S/C10H10N4O/c1-15-8-4-2-7(3-5-8)9-6-12-10(11)14-13-9/h2-6H,1H3,(H2,11,12,14). The maximum Gasteiger partial charge on any atom is 0.240 e. The van der Waals surface area contributed by atoms with Crippen molar-refractivity contribution in [3.05, 3.63) is 30.5 Å². The van der Waals surface area contributed by atoms with Crippen LogP contribution >= 0.6 is 0 Å². The van der Waals surface area contributed by atoms with Crippen LogP contribution in [-0.4, -0.2) is 22.3 Å². The number of anilines is 1. The molecular weight excluding hydrogens is 192 g/mol. The fourth-order valence-electron chi connectivity index (χ4n) is 1.18. The van der Waals surface area contributed by atoms with Crippen LogP contribution in [0.5, 0.6) is 5.75 Å². The van der Waals surface area contributed by atoms with E-state index in [1.807, 2.05) is 24.3 Å². The summed E-state index contributed by atoms with van der Waals surface area (Å²) in [5.41, 5.74) is 6.96. The Kier molecular flexibility index (Phi) is 2.45. The van der Waals surface area contributed by atoms with E-state index in [1.165, 1.54) is 0 Å². The monoisotopic (exact) mass is 202 g/mol. The molecule has 5 heteroatoms. The van der Waals surface area contributed by atoms with Crippen molar-refractivity contribution in [2.24, 2.45) is 0 Å². The number of methoxy groups -OCH3 is 1. The highest BCUT2D eigenvalue weighted by atomic mass is 16.5. The van der Waals surface area contributed by atoms with Gasteiger partial charge < -0.3 is 10.5 Å². The zero-order valence-corrected chi connectivity index (χ0v) is 8.21. The first kappa shape index (κ1) is 9.39. The molecule has 1 aromatic carbocycles. The number of hydrogen-bond acceptors (Lipinski definition) is 5. The summed E-state index contributed by atoms with van der Waals surface area (Å²) in [4.78, 5) is 3.87. The number of hydrogen-bond donors (Lipinski definition) is 1. The molecule has 0 bridgehead atoms. The third kappa shape index (κ3) is 2.01. The molecule has 0 aliphatic heterocycles. The zero-order chi connectivity index (χ0) is 10.7. The van der Waals surface area contributed by atoms with Gasteiger partial charge in [-0.15, -0.1) is 10.2 Å². The van der Waals surface area contributed by atoms with Crippen LogP contribution in [0.15, 0.2) is 30.5 Å². The number of aromatic nitrogens is 3. The second kappa shape index (κ2) is 3.91. The number of benzene rings is 1. The van der Waals surface area contributed by atoms with Crippen molar-refractivity contribution in [2.45, 2.75) is 0 Å². The lowest BCUT2D eigenvalue weighted by molar-refractivity contribution is 0.415. The zero-order valence-electron chi connectivity index (χ0n) is 8.21. The van der Waals surface area contributed by atoms with Gasteiger partial charge in [0, 0.05) is 5.56 Å². The summed E-state index contributed by atoms with van der Waals surface area (Å²) in [7, 11) is 1.62. The smallest absolute Gasteiger partial charge is 0.240 e. The summed E-state index contributed by atoms with van der Waals surface area (Å²) in [5, 5.41) is 7.61. The van der Waals surface area contributed by atoms with Gasteiger partial charge in [-0.2, -0.15) is 0 Å². The van der Waals surface area contributed by atoms with Gasteiger partial charge in [-0.05, 0) is 24.3 Å². The number of ether oxygens (including phenoxy) is 1. The largest absolute Gasteiger partial charge is 0.497 e. The summed E-state index contributed by atoms with van der Waals surface area (Å²) < 4.78 is 5.05. The van der Waals surface area contributed by atoms with E-state index in [0.717, 1.165) is 11.3 Å². The first-order chi connectivity index (χ1) is 7.29. The summed E-state index contributed by atoms with van der Waals surface area (Å²) in [6.07, 6.45) is 1.59. The summed E-state index contributed by atoms with van der Waals surface area (Å²) in [6, 6.07) is 7.49. The summed E-state index contributed by atoms with van der Waals surface area (Å²) in [6.45, 7) is 0. The minimum Gasteiger partial charge on any atom is -0.497 e. The maximum absolute atomic E-state index is 5.35. The molecular formula is C10H10N4O. The highest BCUT2D eigenvalue weighted by molar-refractivity contribution is 5.58. The molecule has 0 radical (unpaired) electrons. The number of rotatable bonds is 2. The second-order valence-electron chi connectivity index (χ2n) is 2.93. The van der Waals surface area contributed by atoms with Gasteiger partial charge in [0.1, 0.15) is 11.4 Å². The quantitative estimate of drug-likeness (QED) is 0.790. The van der Waals surface area contributed by atoms with E-state index < -0.39 is 0 Å². The third-order valence-electron chi connectivity index (χ3n) is 1.97. The Morgan fingerprint density at radius 2 is 1.87 bits per heavy atom. The molecule has 0 amide bonds. The van der Waals surface area contributed by atoms with Crippen LogP contribution in [0.25, 0.3) is 11.3 Å². The predicted molar refractivity (Wildman–Crippen MR) is 56.2 cm³/mol. The Hall–Kier alpha value is -2.17. The topological polar surface area (TPSA) is 73.9 Å². The molecule has 0 atom stereocenters. The fourth-order valence-corrected chi connectivity index (χ4v) is 1.18. The van der Waals surface area contributed by atoms with Gasteiger partial charge in [-0.1, -0.05) is 0 Å². The van der Waals surface area contributed by atoms with Gasteiger partial charge in [0.2, 0.25) is 5.95 Å². The van der Waals surface area contributed by atoms with Crippen LogP contribution < -0.4 is 10.5 Å². The minimum atomic E-state index is 0.173. The first-order valence-corrected chi connectivity index (χ1v) is 4.39. The molecule has 2 N–H and O–H groups in total. The minimum absolute atomic E-state index is 0.173. The molecule has 0 saturated heterocycles. The number of nitrogen functional groups attached to an aromatic ring is 1. The van der Waals surface area contributed by atoms with Crippen LogP contribution in [0.1, 0.15) is 0 Å². The van der Waals surface area contributed by atoms with Gasteiger partial charge in [-0.25, -0.2) is 4.98 Å². The number of nitrogens with two attached hydrogens (primary N) is 1. The van der Waals surface area contributed by atoms with Crippen molar-refractivity contribution >= 4 is 5.95 Å². The third-order valence-corrected chi connectivity index (χ3v) is 1.97. The molecule has 2 rings (SSSR count). The van der Waals surface area contributed by atoms with E-state index in [1.54, 1.807) is 13.3 Å². The molecule has 5 nitrogen and oxygen atoms in total. The van der Waals surface area contributed by atoms with Gasteiger partial charge in [-0.3, -0.25) is 0 Å². The SMILES string of the molecule is COc1ccc(-c2cnc(N)nn2)cc1. The van der Waals surface area contributed by atoms with Crippen LogP contribution in [0, 0.1) is 0 Å². The van der Waals surface area contributed by atoms with Gasteiger partial charge >= 0.3 is 0 Å². The van der Waals surface area contributed by atoms with E-state index in [2.05, 4.69) is 15.2 Å². The van der Waals surface area contributed by atoms with Crippen molar-refractivity contribution < 1.29 is 4.74 Å². The molecule has 15 heavy (non-hydrogen) atoms. The Bertz CT molecular complexity index is 438. The van der Waals surface area contributed by atoms with E-state index in [-0.39, 0.29) is 5.95 Å². The van der Waals surface area contributed by atoms with E-state index in [9.17, 15) is 0 Å².